The molecule has 116 valence electrons. The molecule has 1 heterocycles. The van der Waals surface area contributed by atoms with Crippen molar-refractivity contribution < 1.29 is 14.6 Å². The first-order valence-electron chi connectivity index (χ1n) is 6.75. The van der Waals surface area contributed by atoms with Gasteiger partial charge in [0, 0.05) is 5.02 Å². The van der Waals surface area contributed by atoms with E-state index in [0.29, 0.717) is 5.02 Å². The number of hydrogen-bond acceptors (Lipinski definition) is 4. The van der Waals surface area contributed by atoms with Gasteiger partial charge in [0.15, 0.2) is 0 Å². The normalized spacial score (nSPS) is 10.5. The lowest BCUT2D eigenvalue weighted by Crippen LogP contribution is -2.03. The minimum absolute atomic E-state index is 0.0383. The van der Waals surface area contributed by atoms with Gasteiger partial charge in [-0.1, -0.05) is 53.2 Å². The molecule has 0 aliphatic carbocycles. The van der Waals surface area contributed by atoms with Crippen LogP contribution < -0.4 is 4.74 Å². The van der Waals surface area contributed by atoms with Crippen LogP contribution in [0.4, 0.5) is 0 Å². The van der Waals surface area contributed by atoms with Crippen LogP contribution in [0.5, 0.6) is 5.88 Å². The maximum atomic E-state index is 10.9. The van der Waals surface area contributed by atoms with Gasteiger partial charge in [0.2, 0.25) is 11.6 Å². The van der Waals surface area contributed by atoms with Gasteiger partial charge >= 0.3 is 5.97 Å². The zero-order valence-electron chi connectivity index (χ0n) is 11.9. The number of carboxylic acid groups (broad SMARTS) is 1. The van der Waals surface area contributed by atoms with Gasteiger partial charge in [-0.2, -0.15) is 0 Å². The summed E-state index contributed by atoms with van der Waals surface area (Å²) in [5, 5.41) is 18.9. The van der Waals surface area contributed by atoms with Crippen LogP contribution in [0.3, 0.4) is 0 Å². The van der Waals surface area contributed by atoms with Crippen molar-refractivity contribution in [2.75, 3.05) is 0 Å². The van der Waals surface area contributed by atoms with Crippen LogP contribution in [-0.4, -0.2) is 26.5 Å². The van der Waals surface area contributed by atoms with Gasteiger partial charge in [0.05, 0.1) is 0 Å². The van der Waals surface area contributed by atoms with Gasteiger partial charge < -0.3 is 9.84 Å². The molecule has 6 nitrogen and oxygen atoms in total. The number of halogens is 1. The number of ether oxygens (including phenoxy) is 1. The average molecular weight is 330 g/mol. The molecule has 3 aromatic rings. The summed E-state index contributed by atoms with van der Waals surface area (Å²) in [6.45, 7) is 0.208. The van der Waals surface area contributed by atoms with Crippen molar-refractivity contribution in [2.45, 2.75) is 6.61 Å². The number of H-pyrrole nitrogens is 1. The molecule has 23 heavy (non-hydrogen) atoms. The molecule has 0 fully saturated rings. The molecule has 3 rings (SSSR count). The largest absolute Gasteiger partial charge is 0.476 e. The third-order valence-corrected chi connectivity index (χ3v) is 3.45. The number of nitrogens with zero attached hydrogens (tertiary/aromatic N) is 2. The fraction of sp³-hybridized carbons (Fsp3) is 0.0625. The van der Waals surface area contributed by atoms with Crippen LogP contribution in [-0.2, 0) is 6.61 Å². The summed E-state index contributed by atoms with van der Waals surface area (Å²) in [5.41, 5.74) is 2.71. The van der Waals surface area contributed by atoms with E-state index < -0.39 is 5.97 Å². The van der Waals surface area contributed by atoms with Gasteiger partial charge in [-0.15, -0.1) is 5.10 Å². The molecule has 7 heteroatoms. The first kappa shape index (κ1) is 15.1. The Kier molecular flexibility index (Phi) is 4.25. The molecule has 0 unspecified atom stereocenters. The zero-order valence-corrected chi connectivity index (χ0v) is 12.6. The fourth-order valence-corrected chi connectivity index (χ4v) is 2.27. The Balaban J connectivity index is 1.70. The summed E-state index contributed by atoms with van der Waals surface area (Å²) in [6, 6.07) is 15.3. The quantitative estimate of drug-likeness (QED) is 0.749. The third kappa shape index (κ3) is 3.49. The van der Waals surface area contributed by atoms with E-state index in [2.05, 4.69) is 15.4 Å². The van der Waals surface area contributed by atoms with E-state index in [4.69, 9.17) is 21.4 Å². The Morgan fingerprint density at radius 3 is 2.65 bits per heavy atom. The van der Waals surface area contributed by atoms with Gasteiger partial charge in [0.25, 0.3) is 0 Å². The molecule has 0 atom stereocenters. The second kappa shape index (κ2) is 6.50. The highest BCUT2D eigenvalue weighted by Gasteiger charge is 2.15. The molecule has 0 spiro atoms. The van der Waals surface area contributed by atoms with Crippen LogP contribution in [0.1, 0.15) is 16.1 Å². The number of aromatic carboxylic acids is 1. The molecule has 2 aromatic carbocycles. The van der Waals surface area contributed by atoms with Crippen LogP contribution in [0.2, 0.25) is 5.02 Å². The SMILES string of the molecule is O=C(O)c1nn[nH]c1OCc1ccc(-c2cccc(Cl)c2)cc1. The Hall–Kier alpha value is -2.86. The Morgan fingerprint density at radius 1 is 1.17 bits per heavy atom. The summed E-state index contributed by atoms with van der Waals surface area (Å²) < 4.78 is 5.41. The Bertz CT molecular complexity index is 831. The van der Waals surface area contributed by atoms with E-state index in [1.54, 1.807) is 0 Å². The summed E-state index contributed by atoms with van der Waals surface area (Å²) in [6.07, 6.45) is 0. The number of carbonyl (C=O) groups is 1. The minimum atomic E-state index is -1.19. The molecule has 0 aliphatic heterocycles. The number of aromatic nitrogens is 3. The van der Waals surface area contributed by atoms with Crippen LogP contribution in [0.15, 0.2) is 48.5 Å². The smallest absolute Gasteiger partial charge is 0.362 e. The monoisotopic (exact) mass is 329 g/mol. The van der Waals surface area contributed by atoms with E-state index >= 15 is 0 Å². The lowest BCUT2D eigenvalue weighted by atomic mass is 10.0. The topological polar surface area (TPSA) is 88.1 Å². The van der Waals surface area contributed by atoms with Crippen molar-refractivity contribution in [1.29, 1.82) is 0 Å². The lowest BCUT2D eigenvalue weighted by Gasteiger charge is -2.06. The van der Waals surface area contributed by atoms with Crippen molar-refractivity contribution in [3.63, 3.8) is 0 Å². The van der Waals surface area contributed by atoms with Gasteiger partial charge in [0.1, 0.15) is 6.61 Å². The second-order valence-electron chi connectivity index (χ2n) is 4.79. The molecular formula is C16H12ClN3O3. The van der Waals surface area contributed by atoms with Gasteiger partial charge in [-0.3, -0.25) is 0 Å². The molecule has 0 radical (unpaired) electrons. The van der Waals surface area contributed by atoms with Crippen molar-refractivity contribution >= 4 is 17.6 Å². The molecule has 0 saturated carbocycles. The Labute approximate surface area is 136 Å². The first-order chi connectivity index (χ1) is 11.1. The van der Waals surface area contributed by atoms with E-state index in [1.807, 2.05) is 48.5 Å². The predicted molar refractivity (Wildman–Crippen MR) is 84.6 cm³/mol. The number of benzene rings is 2. The minimum Gasteiger partial charge on any atom is -0.476 e. The maximum absolute atomic E-state index is 10.9. The number of carboxylic acids is 1. The summed E-state index contributed by atoms with van der Waals surface area (Å²) in [5.74, 6) is -1.15. The van der Waals surface area contributed by atoms with Crippen molar-refractivity contribution in [3.8, 4) is 17.0 Å². The number of hydrogen-bond donors (Lipinski definition) is 2. The highest BCUT2D eigenvalue weighted by Crippen LogP contribution is 2.23. The molecule has 0 saturated heterocycles. The van der Waals surface area contributed by atoms with E-state index in [0.717, 1.165) is 16.7 Å². The van der Waals surface area contributed by atoms with Gasteiger partial charge in [-0.05, 0) is 28.8 Å². The maximum Gasteiger partial charge on any atom is 0.362 e. The zero-order chi connectivity index (χ0) is 16.2. The van der Waals surface area contributed by atoms with Gasteiger partial charge in [-0.25, -0.2) is 9.89 Å². The number of rotatable bonds is 5. The Morgan fingerprint density at radius 2 is 1.96 bits per heavy atom. The summed E-state index contributed by atoms with van der Waals surface area (Å²) in [4.78, 5) is 10.9. The number of aromatic amines is 1. The first-order valence-corrected chi connectivity index (χ1v) is 7.13. The van der Waals surface area contributed by atoms with Crippen molar-refractivity contribution in [3.05, 3.63) is 64.8 Å². The standard InChI is InChI=1S/C16H12ClN3O3/c17-13-3-1-2-12(8-13)11-6-4-10(5-7-11)9-23-15-14(16(21)22)18-20-19-15/h1-8H,9H2,(H,21,22)(H,18,19,20). The highest BCUT2D eigenvalue weighted by molar-refractivity contribution is 6.30. The molecule has 2 N–H and O–H groups in total. The van der Waals surface area contributed by atoms with E-state index in [1.165, 1.54) is 0 Å². The molecule has 1 aromatic heterocycles. The van der Waals surface area contributed by atoms with Crippen LogP contribution >= 0.6 is 11.6 Å². The van der Waals surface area contributed by atoms with Crippen LogP contribution in [0.25, 0.3) is 11.1 Å². The van der Waals surface area contributed by atoms with Crippen molar-refractivity contribution in [2.24, 2.45) is 0 Å². The fourth-order valence-electron chi connectivity index (χ4n) is 2.08. The van der Waals surface area contributed by atoms with E-state index in [9.17, 15) is 4.79 Å². The van der Waals surface area contributed by atoms with E-state index in [-0.39, 0.29) is 18.2 Å². The predicted octanol–water partition coefficient (Wildman–Crippen LogP) is 3.40. The lowest BCUT2D eigenvalue weighted by molar-refractivity contribution is 0.0685. The van der Waals surface area contributed by atoms with Crippen LogP contribution in [0, 0.1) is 0 Å². The van der Waals surface area contributed by atoms with Crippen molar-refractivity contribution in [1.82, 2.24) is 15.4 Å². The third-order valence-electron chi connectivity index (χ3n) is 3.21. The number of nitrogens with one attached hydrogen (secondary N) is 1. The summed E-state index contributed by atoms with van der Waals surface area (Å²) >= 11 is 5.99. The molecular weight excluding hydrogens is 318 g/mol. The highest BCUT2D eigenvalue weighted by atomic mass is 35.5. The molecule has 0 amide bonds. The average Bonchev–Trinajstić information content (AvgIpc) is 3.02. The molecule has 0 bridgehead atoms. The summed E-state index contributed by atoms with van der Waals surface area (Å²) in [7, 11) is 0. The second-order valence-corrected chi connectivity index (χ2v) is 5.23. The molecule has 0 aliphatic rings.